The van der Waals surface area contributed by atoms with Crippen molar-refractivity contribution in [3.63, 3.8) is 0 Å². The predicted octanol–water partition coefficient (Wildman–Crippen LogP) is 0.669. The maximum absolute atomic E-state index is 11.8. The molecular weight excluding hydrogens is 222 g/mol. The molecule has 0 spiro atoms. The van der Waals surface area contributed by atoms with E-state index in [1.165, 1.54) is 17.4 Å². The molecule has 0 aromatic carbocycles. The summed E-state index contributed by atoms with van der Waals surface area (Å²) in [5.41, 5.74) is 2.72. The summed E-state index contributed by atoms with van der Waals surface area (Å²) >= 11 is 0. The molecule has 0 aromatic heterocycles. The number of aliphatic carboxylic acids is 1. The van der Waals surface area contributed by atoms with Gasteiger partial charge in [-0.1, -0.05) is 12.5 Å². The van der Waals surface area contributed by atoms with E-state index in [-0.39, 0.29) is 19.1 Å². The van der Waals surface area contributed by atoms with Crippen molar-refractivity contribution >= 4 is 12.0 Å². The summed E-state index contributed by atoms with van der Waals surface area (Å²) in [6.07, 6.45) is 4.80. The molecule has 6 heteroatoms. The molecule has 0 aliphatic carbocycles. The highest BCUT2D eigenvalue weighted by molar-refractivity contribution is 5.79. The van der Waals surface area contributed by atoms with E-state index in [4.69, 9.17) is 5.11 Å². The number of nitrogens with zero attached hydrogens (tertiary/aromatic N) is 2. The number of hydrazine groups is 1. The van der Waals surface area contributed by atoms with Gasteiger partial charge in [-0.25, -0.2) is 9.80 Å². The van der Waals surface area contributed by atoms with E-state index in [9.17, 15) is 9.59 Å². The van der Waals surface area contributed by atoms with Crippen LogP contribution in [0, 0.1) is 0 Å². The van der Waals surface area contributed by atoms with E-state index in [0.717, 1.165) is 25.9 Å². The summed E-state index contributed by atoms with van der Waals surface area (Å²) in [6.45, 7) is 5.06. The van der Waals surface area contributed by atoms with Crippen molar-refractivity contribution in [2.45, 2.75) is 19.3 Å². The zero-order valence-electron chi connectivity index (χ0n) is 9.89. The standard InChI is InChI=1S/C11H19N3O3/c1-2-6-13(9-10(15)16)11(17)12-14-7-4-3-5-8-14/h2H,1,3-9H2,(H,12,17)(H,15,16). The third-order valence-corrected chi connectivity index (χ3v) is 2.57. The Morgan fingerprint density at radius 3 is 2.53 bits per heavy atom. The number of hydrogen-bond acceptors (Lipinski definition) is 3. The monoisotopic (exact) mass is 241 g/mol. The normalized spacial score (nSPS) is 16.2. The quantitative estimate of drug-likeness (QED) is 0.694. The summed E-state index contributed by atoms with van der Waals surface area (Å²) in [4.78, 5) is 23.6. The van der Waals surface area contributed by atoms with Gasteiger partial charge in [-0.3, -0.25) is 10.2 Å². The predicted molar refractivity (Wildman–Crippen MR) is 63.4 cm³/mol. The Kier molecular flexibility index (Phi) is 5.48. The molecule has 0 aromatic rings. The molecule has 0 atom stereocenters. The fourth-order valence-corrected chi connectivity index (χ4v) is 1.75. The number of carbonyl (C=O) groups is 2. The molecule has 0 saturated carbocycles. The topological polar surface area (TPSA) is 72.9 Å². The molecule has 0 unspecified atom stereocenters. The largest absolute Gasteiger partial charge is 0.480 e. The summed E-state index contributed by atoms with van der Waals surface area (Å²) in [7, 11) is 0. The highest BCUT2D eigenvalue weighted by Gasteiger charge is 2.18. The minimum atomic E-state index is -1.03. The lowest BCUT2D eigenvalue weighted by Crippen LogP contribution is -2.51. The third-order valence-electron chi connectivity index (χ3n) is 2.57. The average Bonchev–Trinajstić information content (AvgIpc) is 2.29. The van der Waals surface area contributed by atoms with Crippen molar-refractivity contribution < 1.29 is 14.7 Å². The summed E-state index contributed by atoms with van der Waals surface area (Å²) in [5, 5.41) is 10.5. The molecule has 1 heterocycles. The first-order valence-corrected chi connectivity index (χ1v) is 5.76. The van der Waals surface area contributed by atoms with E-state index in [0.29, 0.717) is 0 Å². The van der Waals surface area contributed by atoms with Gasteiger partial charge in [-0.05, 0) is 12.8 Å². The SMILES string of the molecule is C=CCN(CC(=O)O)C(=O)NN1CCCCC1. The van der Waals surface area contributed by atoms with Gasteiger partial charge in [0.2, 0.25) is 0 Å². The molecule has 1 saturated heterocycles. The van der Waals surface area contributed by atoms with Gasteiger partial charge >= 0.3 is 12.0 Å². The number of urea groups is 1. The van der Waals surface area contributed by atoms with Crippen LogP contribution in [0.25, 0.3) is 0 Å². The lowest BCUT2D eigenvalue weighted by molar-refractivity contribution is -0.137. The lowest BCUT2D eigenvalue weighted by atomic mass is 10.2. The van der Waals surface area contributed by atoms with Gasteiger partial charge in [0, 0.05) is 19.6 Å². The Morgan fingerprint density at radius 1 is 1.35 bits per heavy atom. The van der Waals surface area contributed by atoms with E-state index in [1.807, 2.05) is 5.01 Å². The van der Waals surface area contributed by atoms with Crippen LogP contribution in [0.3, 0.4) is 0 Å². The zero-order chi connectivity index (χ0) is 12.7. The second kappa shape index (κ2) is 6.90. The van der Waals surface area contributed by atoms with Crippen molar-refractivity contribution in [3.05, 3.63) is 12.7 Å². The van der Waals surface area contributed by atoms with Crippen LogP contribution in [0.2, 0.25) is 0 Å². The molecule has 1 rings (SSSR count). The smallest absolute Gasteiger partial charge is 0.332 e. The minimum absolute atomic E-state index is 0.228. The van der Waals surface area contributed by atoms with Gasteiger partial charge < -0.3 is 10.0 Å². The zero-order valence-corrected chi connectivity index (χ0v) is 9.89. The molecule has 2 amide bonds. The first-order valence-electron chi connectivity index (χ1n) is 5.76. The molecule has 0 radical (unpaired) electrons. The van der Waals surface area contributed by atoms with E-state index < -0.39 is 5.97 Å². The molecule has 1 fully saturated rings. The Labute approximate surface area is 101 Å². The van der Waals surface area contributed by atoms with Crippen molar-refractivity contribution in [2.75, 3.05) is 26.2 Å². The summed E-state index contributed by atoms with van der Waals surface area (Å²) in [5.74, 6) is -1.03. The van der Waals surface area contributed by atoms with Crippen LogP contribution in [0.5, 0.6) is 0 Å². The average molecular weight is 241 g/mol. The molecule has 17 heavy (non-hydrogen) atoms. The van der Waals surface area contributed by atoms with E-state index in [2.05, 4.69) is 12.0 Å². The molecule has 96 valence electrons. The number of carboxylic acids is 1. The Bertz CT molecular complexity index is 288. The van der Waals surface area contributed by atoms with Gasteiger partial charge in [-0.15, -0.1) is 6.58 Å². The fraction of sp³-hybridized carbons (Fsp3) is 0.636. The van der Waals surface area contributed by atoms with Crippen LogP contribution in [-0.4, -0.2) is 53.2 Å². The Balaban J connectivity index is 2.45. The highest BCUT2D eigenvalue weighted by Crippen LogP contribution is 2.06. The van der Waals surface area contributed by atoms with Crippen LogP contribution in [0.1, 0.15) is 19.3 Å². The summed E-state index contributed by atoms with van der Waals surface area (Å²) < 4.78 is 0. The van der Waals surface area contributed by atoms with Crippen molar-refractivity contribution in [1.82, 2.24) is 15.3 Å². The van der Waals surface area contributed by atoms with E-state index in [1.54, 1.807) is 0 Å². The molecule has 0 bridgehead atoms. The Morgan fingerprint density at radius 2 is 2.00 bits per heavy atom. The van der Waals surface area contributed by atoms with Gasteiger partial charge in [0.25, 0.3) is 0 Å². The number of amides is 2. The van der Waals surface area contributed by atoms with Crippen LogP contribution in [0.15, 0.2) is 12.7 Å². The maximum atomic E-state index is 11.8. The van der Waals surface area contributed by atoms with Crippen LogP contribution in [-0.2, 0) is 4.79 Å². The first kappa shape index (κ1) is 13.5. The minimum Gasteiger partial charge on any atom is -0.480 e. The second-order valence-corrected chi connectivity index (χ2v) is 4.03. The number of rotatable bonds is 5. The summed E-state index contributed by atoms with van der Waals surface area (Å²) in [6, 6.07) is -0.380. The number of hydrogen-bond donors (Lipinski definition) is 2. The number of carbonyl (C=O) groups excluding carboxylic acids is 1. The van der Waals surface area contributed by atoms with Crippen LogP contribution < -0.4 is 5.43 Å². The van der Waals surface area contributed by atoms with Gasteiger partial charge in [0.05, 0.1) is 0 Å². The van der Waals surface area contributed by atoms with Gasteiger partial charge in [0.1, 0.15) is 6.54 Å². The molecule has 6 nitrogen and oxygen atoms in total. The molecule has 2 N–H and O–H groups in total. The van der Waals surface area contributed by atoms with Gasteiger partial charge in [0.15, 0.2) is 0 Å². The van der Waals surface area contributed by atoms with Crippen molar-refractivity contribution in [2.24, 2.45) is 0 Å². The van der Waals surface area contributed by atoms with E-state index >= 15 is 0 Å². The molecular formula is C11H19N3O3. The number of carboxylic acid groups (broad SMARTS) is 1. The van der Waals surface area contributed by atoms with Crippen LogP contribution >= 0.6 is 0 Å². The van der Waals surface area contributed by atoms with Crippen molar-refractivity contribution in [1.29, 1.82) is 0 Å². The maximum Gasteiger partial charge on any atom is 0.332 e. The molecule has 1 aliphatic heterocycles. The fourth-order valence-electron chi connectivity index (χ4n) is 1.75. The number of piperidine rings is 1. The highest BCUT2D eigenvalue weighted by atomic mass is 16.4. The second-order valence-electron chi connectivity index (χ2n) is 4.03. The molecule has 1 aliphatic rings. The van der Waals surface area contributed by atoms with Crippen molar-refractivity contribution in [3.8, 4) is 0 Å². The van der Waals surface area contributed by atoms with Gasteiger partial charge in [-0.2, -0.15) is 0 Å². The lowest BCUT2D eigenvalue weighted by Gasteiger charge is -2.29. The Hall–Kier alpha value is -1.56. The number of nitrogens with one attached hydrogen (secondary N) is 1. The third kappa shape index (κ3) is 4.86. The first-order chi connectivity index (χ1) is 8.13. The van der Waals surface area contributed by atoms with Crippen LogP contribution in [0.4, 0.5) is 4.79 Å².